The molecule has 4 rings (SSSR count). The fraction of sp³-hybridized carbons (Fsp3) is 0.143. The van der Waals surface area contributed by atoms with Crippen molar-refractivity contribution in [3.05, 3.63) is 64.5 Å². The van der Waals surface area contributed by atoms with Crippen LogP contribution in [0.25, 0.3) is 10.2 Å². The molecule has 0 atom stereocenters. The number of aromatic nitrogens is 3. The minimum absolute atomic E-state index is 0.00312. The number of ether oxygens (including phenoxy) is 2. The first-order chi connectivity index (χ1) is 15.9. The molecule has 0 saturated heterocycles. The summed E-state index contributed by atoms with van der Waals surface area (Å²) in [5.74, 6) is 0.0753. The van der Waals surface area contributed by atoms with Crippen molar-refractivity contribution >= 4 is 55.7 Å². The van der Waals surface area contributed by atoms with E-state index in [4.69, 9.17) is 9.47 Å². The number of hydrogen-bond donors (Lipinski definition) is 1. The van der Waals surface area contributed by atoms with E-state index in [1.165, 1.54) is 29.7 Å². The van der Waals surface area contributed by atoms with Gasteiger partial charge in [0.15, 0.2) is 5.13 Å². The number of carbonyl (C=O) groups is 1. The first kappa shape index (κ1) is 21.9. The number of fused-ring (bicyclic) bond motifs is 1. The number of anilines is 4. The Labute approximate surface area is 191 Å². The van der Waals surface area contributed by atoms with E-state index >= 15 is 0 Å². The third-order valence-electron chi connectivity index (χ3n) is 4.79. The van der Waals surface area contributed by atoms with Gasteiger partial charge in [-0.15, -0.1) is 0 Å². The Hall–Kier alpha value is -4.32. The van der Waals surface area contributed by atoms with Crippen molar-refractivity contribution in [3.8, 4) is 5.75 Å². The number of nitrogens with zero attached hydrogens (tertiary/aromatic N) is 5. The molecule has 2 aromatic carbocycles. The number of rotatable bonds is 7. The third-order valence-corrected chi connectivity index (χ3v) is 5.73. The molecule has 12 heteroatoms. The van der Waals surface area contributed by atoms with Crippen molar-refractivity contribution in [1.82, 2.24) is 15.0 Å². The highest BCUT2D eigenvalue weighted by atomic mass is 32.1. The van der Waals surface area contributed by atoms with Crippen LogP contribution >= 0.6 is 11.3 Å². The summed E-state index contributed by atoms with van der Waals surface area (Å²) in [5.41, 5.74) is 0.982. The molecule has 4 aromatic rings. The van der Waals surface area contributed by atoms with Crippen LogP contribution in [0.5, 0.6) is 5.75 Å². The van der Waals surface area contributed by atoms with Gasteiger partial charge in [0.1, 0.15) is 12.1 Å². The third kappa shape index (κ3) is 4.23. The lowest BCUT2D eigenvalue weighted by Gasteiger charge is -2.20. The van der Waals surface area contributed by atoms with Gasteiger partial charge in [0.2, 0.25) is 11.6 Å². The van der Waals surface area contributed by atoms with Gasteiger partial charge in [-0.2, -0.15) is 0 Å². The molecule has 0 unspecified atom stereocenters. The van der Waals surface area contributed by atoms with Gasteiger partial charge in [-0.3, -0.25) is 10.1 Å². The maximum atomic E-state index is 12.2. The van der Waals surface area contributed by atoms with Crippen molar-refractivity contribution in [2.45, 2.75) is 0 Å². The van der Waals surface area contributed by atoms with Crippen molar-refractivity contribution in [1.29, 1.82) is 0 Å². The van der Waals surface area contributed by atoms with Crippen molar-refractivity contribution in [2.24, 2.45) is 0 Å². The summed E-state index contributed by atoms with van der Waals surface area (Å²) < 4.78 is 10.9. The maximum Gasteiger partial charge on any atom is 0.354 e. The second kappa shape index (κ2) is 9.04. The number of para-hydroxylation sites is 1. The first-order valence-corrected chi connectivity index (χ1v) is 10.4. The molecule has 2 heterocycles. The van der Waals surface area contributed by atoms with Gasteiger partial charge < -0.3 is 19.7 Å². The van der Waals surface area contributed by atoms with E-state index in [2.05, 4.69) is 20.3 Å². The summed E-state index contributed by atoms with van der Waals surface area (Å²) in [4.78, 5) is 37.7. The quantitative estimate of drug-likeness (QED) is 0.239. The van der Waals surface area contributed by atoms with Crippen LogP contribution in [0.1, 0.15) is 10.4 Å². The van der Waals surface area contributed by atoms with Crippen LogP contribution in [0.3, 0.4) is 0 Å². The zero-order valence-corrected chi connectivity index (χ0v) is 18.6. The molecule has 0 aliphatic carbocycles. The molecule has 0 radical (unpaired) electrons. The second-order valence-corrected chi connectivity index (χ2v) is 7.73. The average Bonchev–Trinajstić information content (AvgIpc) is 3.24. The molecule has 0 fully saturated rings. The van der Waals surface area contributed by atoms with Gasteiger partial charge in [0.25, 0.3) is 0 Å². The molecule has 168 valence electrons. The number of nitro groups is 1. The first-order valence-electron chi connectivity index (χ1n) is 9.55. The Morgan fingerprint density at radius 1 is 1.18 bits per heavy atom. The Morgan fingerprint density at radius 3 is 2.70 bits per heavy atom. The minimum atomic E-state index is -0.578. The molecular formula is C21H18N6O5S. The highest BCUT2D eigenvalue weighted by Crippen LogP contribution is 2.38. The van der Waals surface area contributed by atoms with Crippen LogP contribution in [-0.4, -0.2) is 47.1 Å². The number of hydrogen-bond acceptors (Lipinski definition) is 11. The number of benzene rings is 2. The van der Waals surface area contributed by atoms with E-state index in [1.807, 2.05) is 6.07 Å². The molecule has 0 spiro atoms. The van der Waals surface area contributed by atoms with Crippen LogP contribution in [-0.2, 0) is 4.74 Å². The molecule has 0 amide bonds. The summed E-state index contributed by atoms with van der Waals surface area (Å²) in [7, 11) is 4.41. The number of carbonyl (C=O) groups excluding carboxylic acids is 1. The van der Waals surface area contributed by atoms with Crippen LogP contribution < -0.4 is 15.0 Å². The van der Waals surface area contributed by atoms with E-state index in [-0.39, 0.29) is 22.9 Å². The summed E-state index contributed by atoms with van der Waals surface area (Å²) in [6.45, 7) is 0. The summed E-state index contributed by atoms with van der Waals surface area (Å²) >= 11 is 1.30. The lowest BCUT2D eigenvalue weighted by Crippen LogP contribution is -2.18. The van der Waals surface area contributed by atoms with E-state index < -0.39 is 10.9 Å². The van der Waals surface area contributed by atoms with Crippen molar-refractivity contribution < 1.29 is 19.2 Å². The van der Waals surface area contributed by atoms with Crippen molar-refractivity contribution in [2.75, 3.05) is 31.5 Å². The number of nitrogens with one attached hydrogen (secondary N) is 1. The SMILES string of the molecule is COC(=O)c1ccccc1N(C)c1ncnc(Nc2nc3ccc(OC)cc3s2)c1[N+](=O)[O-]. The number of esters is 1. The summed E-state index contributed by atoms with van der Waals surface area (Å²) in [6.07, 6.45) is 1.21. The molecular weight excluding hydrogens is 448 g/mol. The van der Waals surface area contributed by atoms with Crippen LogP contribution in [0.4, 0.5) is 28.1 Å². The topological polar surface area (TPSA) is 133 Å². The number of thiazole rings is 1. The van der Waals surface area contributed by atoms with E-state index in [9.17, 15) is 14.9 Å². The molecule has 33 heavy (non-hydrogen) atoms. The van der Waals surface area contributed by atoms with Gasteiger partial charge >= 0.3 is 11.7 Å². The lowest BCUT2D eigenvalue weighted by molar-refractivity contribution is -0.383. The zero-order chi connectivity index (χ0) is 23.5. The van der Waals surface area contributed by atoms with Crippen LogP contribution in [0.15, 0.2) is 48.8 Å². The minimum Gasteiger partial charge on any atom is -0.497 e. The highest BCUT2D eigenvalue weighted by Gasteiger charge is 2.28. The Bertz CT molecular complexity index is 1360. The van der Waals surface area contributed by atoms with E-state index in [0.717, 1.165) is 4.70 Å². The predicted molar refractivity (Wildman–Crippen MR) is 124 cm³/mol. The molecule has 2 aromatic heterocycles. The monoisotopic (exact) mass is 466 g/mol. The average molecular weight is 466 g/mol. The Morgan fingerprint density at radius 2 is 1.97 bits per heavy atom. The Kier molecular flexibility index (Phi) is 6.00. The second-order valence-electron chi connectivity index (χ2n) is 6.70. The standard InChI is InChI=1S/C21H18N6O5S/c1-26(15-7-5-4-6-13(15)20(28)32-3)19-17(27(29)30)18(22-11-23-19)25-21-24-14-9-8-12(31-2)10-16(14)33-21/h4-11H,1-3H3,(H,22,23,24,25). The van der Waals surface area contributed by atoms with Crippen LogP contribution in [0.2, 0.25) is 0 Å². The molecule has 0 aliphatic rings. The number of methoxy groups -OCH3 is 2. The normalized spacial score (nSPS) is 10.6. The van der Waals surface area contributed by atoms with Gasteiger partial charge in [-0.1, -0.05) is 23.5 Å². The summed E-state index contributed by atoms with van der Waals surface area (Å²) in [5, 5.41) is 15.4. The largest absolute Gasteiger partial charge is 0.497 e. The van der Waals surface area contributed by atoms with Crippen molar-refractivity contribution in [3.63, 3.8) is 0 Å². The van der Waals surface area contributed by atoms with Gasteiger partial charge in [0.05, 0.1) is 40.6 Å². The maximum absolute atomic E-state index is 12.2. The smallest absolute Gasteiger partial charge is 0.354 e. The fourth-order valence-electron chi connectivity index (χ4n) is 3.22. The van der Waals surface area contributed by atoms with E-state index in [1.54, 1.807) is 50.6 Å². The molecule has 1 N–H and O–H groups in total. The fourth-order valence-corrected chi connectivity index (χ4v) is 4.12. The molecule has 0 aliphatic heterocycles. The zero-order valence-electron chi connectivity index (χ0n) is 17.8. The van der Waals surface area contributed by atoms with Crippen LogP contribution in [0, 0.1) is 10.1 Å². The lowest BCUT2D eigenvalue weighted by atomic mass is 10.1. The molecule has 11 nitrogen and oxygen atoms in total. The molecule has 0 saturated carbocycles. The van der Waals surface area contributed by atoms with Gasteiger partial charge in [-0.25, -0.2) is 19.7 Å². The van der Waals surface area contributed by atoms with E-state index in [0.29, 0.717) is 22.1 Å². The summed E-state index contributed by atoms with van der Waals surface area (Å²) in [6, 6.07) is 12.0. The molecule has 0 bridgehead atoms. The van der Waals surface area contributed by atoms with Gasteiger partial charge in [0, 0.05) is 7.05 Å². The Balaban J connectivity index is 1.76. The highest BCUT2D eigenvalue weighted by molar-refractivity contribution is 7.22. The van der Waals surface area contributed by atoms with Gasteiger partial charge in [-0.05, 0) is 30.3 Å². The predicted octanol–water partition coefficient (Wildman–Crippen LogP) is 4.30.